The van der Waals surface area contributed by atoms with Crippen molar-refractivity contribution in [3.05, 3.63) is 66.1 Å². The van der Waals surface area contributed by atoms with Gasteiger partial charge in [-0.15, -0.1) is 0 Å². The van der Waals surface area contributed by atoms with Crippen LogP contribution in [-0.2, 0) is 11.0 Å². The van der Waals surface area contributed by atoms with Crippen molar-refractivity contribution in [3.63, 3.8) is 0 Å². The first-order chi connectivity index (χ1) is 16.5. The first-order valence-electron chi connectivity index (χ1n) is 11.3. The molecule has 7 nitrogen and oxygen atoms in total. The van der Waals surface area contributed by atoms with Gasteiger partial charge in [0.2, 0.25) is 18.1 Å². The van der Waals surface area contributed by atoms with Crippen molar-refractivity contribution in [1.29, 1.82) is 0 Å². The summed E-state index contributed by atoms with van der Waals surface area (Å²) in [6.45, 7) is 6.60. The van der Waals surface area contributed by atoms with Crippen LogP contribution in [0, 0.1) is 0 Å². The number of carbonyl (C=O) groups is 1. The lowest BCUT2D eigenvalue weighted by atomic mass is 10.00. The van der Waals surface area contributed by atoms with Crippen LogP contribution in [0.1, 0.15) is 44.4 Å². The molecule has 1 aromatic heterocycles. The van der Waals surface area contributed by atoms with Crippen LogP contribution in [-0.4, -0.2) is 45.7 Å². The largest absolute Gasteiger partial charge is 0.489 e. The minimum Gasteiger partial charge on any atom is -0.489 e. The van der Waals surface area contributed by atoms with Gasteiger partial charge in [-0.1, -0.05) is 35.5 Å². The molecular weight excluding hydrogens is 461 g/mol. The predicted molar refractivity (Wildman–Crippen MR) is 122 cm³/mol. The highest BCUT2D eigenvalue weighted by Gasteiger charge is 2.40. The maximum atomic E-state index is 13.2. The number of hydrogen-bond acceptors (Lipinski definition) is 6. The van der Waals surface area contributed by atoms with Crippen molar-refractivity contribution >= 4 is 5.91 Å². The zero-order valence-electron chi connectivity index (χ0n) is 19.7. The van der Waals surface area contributed by atoms with Crippen molar-refractivity contribution in [2.45, 2.75) is 51.1 Å². The molecule has 4 rings (SSSR count). The Balaban J connectivity index is 1.35. The van der Waals surface area contributed by atoms with Crippen LogP contribution in [0.3, 0.4) is 0 Å². The van der Waals surface area contributed by atoms with Crippen LogP contribution < -0.4 is 10.1 Å². The molecule has 186 valence electrons. The molecule has 10 heteroatoms. The molecule has 0 unspecified atom stereocenters. The third-order valence-corrected chi connectivity index (χ3v) is 6.33. The first-order valence-corrected chi connectivity index (χ1v) is 11.3. The monoisotopic (exact) mass is 488 g/mol. The molecule has 1 aliphatic rings. The second kappa shape index (κ2) is 9.69. The predicted octanol–water partition coefficient (Wildman–Crippen LogP) is 4.86. The highest BCUT2D eigenvalue weighted by Crippen LogP contribution is 2.32. The van der Waals surface area contributed by atoms with Crippen molar-refractivity contribution in [1.82, 2.24) is 20.4 Å². The molecule has 0 radical (unpaired) electrons. The molecule has 1 saturated heterocycles. The summed E-state index contributed by atoms with van der Waals surface area (Å²) in [5.74, 6) is 0.518. The number of ether oxygens (including phenoxy) is 1. The summed E-state index contributed by atoms with van der Waals surface area (Å²) in [7, 11) is 0. The van der Waals surface area contributed by atoms with E-state index in [1.165, 1.54) is 18.5 Å². The van der Waals surface area contributed by atoms with E-state index in [-0.39, 0.29) is 23.8 Å². The number of carbonyl (C=O) groups excluding carboxylic acids is 1. The lowest BCUT2D eigenvalue weighted by molar-refractivity contribution is -0.137. The lowest BCUT2D eigenvalue weighted by Gasteiger charge is -2.35. The minimum absolute atomic E-state index is 0.146. The number of alkyl halides is 3. The average molecular weight is 489 g/mol. The molecule has 0 spiro atoms. The van der Waals surface area contributed by atoms with Gasteiger partial charge in [-0.2, -0.15) is 18.2 Å². The van der Waals surface area contributed by atoms with Crippen molar-refractivity contribution in [3.8, 4) is 17.1 Å². The van der Waals surface area contributed by atoms with Crippen LogP contribution in [0.5, 0.6) is 5.75 Å². The number of amides is 1. The number of aromatic nitrogens is 2. The van der Waals surface area contributed by atoms with Gasteiger partial charge in [0.05, 0.1) is 17.1 Å². The molecule has 0 saturated carbocycles. The Morgan fingerprint density at radius 3 is 2.60 bits per heavy atom. The summed E-state index contributed by atoms with van der Waals surface area (Å²) in [5.41, 5.74) is 0.160. The van der Waals surface area contributed by atoms with Gasteiger partial charge in [-0.25, -0.2) is 0 Å². The van der Waals surface area contributed by atoms with Gasteiger partial charge >= 0.3 is 6.18 Å². The lowest BCUT2D eigenvalue weighted by Crippen LogP contribution is -2.54. The van der Waals surface area contributed by atoms with Crippen LogP contribution in [0.4, 0.5) is 13.2 Å². The number of benzene rings is 2. The van der Waals surface area contributed by atoms with Gasteiger partial charge in [-0.3, -0.25) is 9.69 Å². The third-order valence-electron chi connectivity index (χ3n) is 6.33. The molecule has 2 atom stereocenters. The Labute approximate surface area is 201 Å². The van der Waals surface area contributed by atoms with E-state index in [0.717, 1.165) is 23.3 Å². The topological polar surface area (TPSA) is 80.5 Å². The molecule has 2 heterocycles. The van der Waals surface area contributed by atoms with Crippen LogP contribution in [0.15, 0.2) is 59.4 Å². The zero-order valence-corrected chi connectivity index (χ0v) is 19.7. The smallest absolute Gasteiger partial charge is 0.416 e. The number of nitrogens with zero attached hydrogens (tertiary/aromatic N) is 3. The maximum Gasteiger partial charge on any atom is 0.416 e. The summed E-state index contributed by atoms with van der Waals surface area (Å²) >= 11 is 0. The molecule has 0 bridgehead atoms. The Hall–Kier alpha value is -3.40. The van der Waals surface area contributed by atoms with Crippen molar-refractivity contribution < 1.29 is 27.2 Å². The van der Waals surface area contributed by atoms with Crippen LogP contribution in [0.25, 0.3) is 11.4 Å². The van der Waals surface area contributed by atoms with E-state index in [1.807, 2.05) is 49.9 Å². The van der Waals surface area contributed by atoms with Gasteiger partial charge in [0.25, 0.3) is 0 Å². The highest BCUT2D eigenvalue weighted by atomic mass is 19.4. The Kier molecular flexibility index (Phi) is 6.84. The fourth-order valence-electron chi connectivity index (χ4n) is 4.09. The Morgan fingerprint density at radius 2 is 1.94 bits per heavy atom. The second-order valence-electron chi connectivity index (χ2n) is 9.13. The van der Waals surface area contributed by atoms with Gasteiger partial charge in [-0.05, 0) is 51.0 Å². The van der Waals surface area contributed by atoms with E-state index < -0.39 is 17.3 Å². The van der Waals surface area contributed by atoms with E-state index in [2.05, 4.69) is 15.5 Å². The summed E-state index contributed by atoms with van der Waals surface area (Å²) in [4.78, 5) is 19.2. The second-order valence-corrected chi connectivity index (χ2v) is 9.13. The number of halogens is 3. The fraction of sp³-hybridized carbons (Fsp3) is 0.400. The van der Waals surface area contributed by atoms with Crippen LogP contribution >= 0.6 is 0 Å². The standard InChI is InChI=1S/C25H27F3N4O3/c1-16(17-7-9-18(10-8-17)22-29-15-34-31-22)30-23(33)24(2,3)32-12-11-21(14-32)35-20-6-4-5-19(13-20)25(26,27)28/h4-10,13,15-16,21H,11-12,14H2,1-3H3,(H,30,33)/t16-,21+/m0/s1. The van der Waals surface area contributed by atoms with E-state index in [9.17, 15) is 18.0 Å². The van der Waals surface area contributed by atoms with E-state index in [4.69, 9.17) is 9.26 Å². The number of rotatable bonds is 7. The molecule has 1 fully saturated rings. The summed E-state index contributed by atoms with van der Waals surface area (Å²) in [6.07, 6.45) is -2.85. The van der Waals surface area contributed by atoms with E-state index >= 15 is 0 Å². The normalized spacial score (nSPS) is 17.8. The van der Waals surface area contributed by atoms with Gasteiger partial charge < -0.3 is 14.6 Å². The van der Waals surface area contributed by atoms with Crippen molar-refractivity contribution in [2.75, 3.05) is 13.1 Å². The van der Waals surface area contributed by atoms with Crippen LogP contribution in [0.2, 0.25) is 0 Å². The summed E-state index contributed by atoms with van der Waals surface area (Å²) in [5, 5.41) is 6.87. The molecule has 1 aliphatic heterocycles. The van der Waals surface area contributed by atoms with E-state index in [1.54, 1.807) is 0 Å². The first kappa shape index (κ1) is 24.7. The fourth-order valence-corrected chi connectivity index (χ4v) is 4.09. The molecule has 1 amide bonds. The van der Waals surface area contributed by atoms with Gasteiger partial charge in [0.1, 0.15) is 11.9 Å². The molecule has 2 aromatic carbocycles. The number of likely N-dealkylation sites (tertiary alicyclic amines) is 1. The highest BCUT2D eigenvalue weighted by molar-refractivity contribution is 5.85. The number of hydrogen-bond donors (Lipinski definition) is 1. The quantitative estimate of drug-likeness (QED) is 0.512. The Morgan fingerprint density at radius 1 is 1.20 bits per heavy atom. The SMILES string of the molecule is C[C@H](NC(=O)C(C)(C)N1CC[C@@H](Oc2cccc(C(F)(F)F)c2)C1)c1ccc(-c2ncon2)cc1. The summed E-state index contributed by atoms with van der Waals surface area (Å²) < 4.78 is 49.5. The van der Waals surface area contributed by atoms with Gasteiger partial charge in [0, 0.05) is 18.7 Å². The average Bonchev–Trinajstić information content (AvgIpc) is 3.52. The Bertz CT molecular complexity index is 1150. The van der Waals surface area contributed by atoms with Crippen molar-refractivity contribution in [2.24, 2.45) is 0 Å². The third kappa shape index (κ3) is 5.64. The molecule has 0 aliphatic carbocycles. The maximum absolute atomic E-state index is 13.2. The number of nitrogens with one attached hydrogen (secondary N) is 1. The van der Waals surface area contributed by atoms with E-state index in [0.29, 0.717) is 25.3 Å². The molecular formula is C25H27F3N4O3. The molecule has 3 aromatic rings. The summed E-state index contributed by atoms with van der Waals surface area (Å²) in [6, 6.07) is 12.2. The zero-order chi connectivity index (χ0) is 25.2. The minimum atomic E-state index is -4.43. The molecule has 35 heavy (non-hydrogen) atoms. The van der Waals surface area contributed by atoms with Gasteiger partial charge in [0.15, 0.2) is 0 Å². The molecule has 1 N–H and O–H groups in total.